The number of ether oxygens (including phenoxy) is 2. The average Bonchev–Trinajstić information content (AvgIpc) is 2.90. The van der Waals surface area contributed by atoms with Crippen LogP contribution in [0.3, 0.4) is 0 Å². The van der Waals surface area contributed by atoms with Crippen LogP contribution in [0.2, 0.25) is 0 Å². The molecule has 5 heteroatoms. The summed E-state index contributed by atoms with van der Waals surface area (Å²) in [6, 6.07) is 0. The van der Waals surface area contributed by atoms with Crippen LogP contribution < -0.4 is 4.90 Å². The normalized spacial score (nSPS) is 25.2. The molecule has 0 amide bonds. The molecule has 2 aliphatic heterocycles. The summed E-state index contributed by atoms with van der Waals surface area (Å²) in [5.74, 6) is 0.668. The predicted octanol–water partition coefficient (Wildman–Crippen LogP) is 1.89. The third-order valence-corrected chi connectivity index (χ3v) is 4.60. The summed E-state index contributed by atoms with van der Waals surface area (Å²) < 4.78 is 11.3. The van der Waals surface area contributed by atoms with E-state index in [4.69, 9.17) is 9.47 Å². The van der Waals surface area contributed by atoms with Gasteiger partial charge in [0.1, 0.15) is 6.33 Å². The molecule has 0 unspecified atom stereocenters. The van der Waals surface area contributed by atoms with E-state index >= 15 is 0 Å². The number of piperidine rings is 1. The topological polar surface area (TPSA) is 47.5 Å². The van der Waals surface area contributed by atoms with E-state index in [1.54, 1.807) is 13.4 Å². The van der Waals surface area contributed by atoms with Crippen LogP contribution in [0.25, 0.3) is 0 Å². The SMILES string of the molecule is COCC[C@H]1COC2(CCN(c3cncnc3)CC2)C1. The van der Waals surface area contributed by atoms with Gasteiger partial charge in [0.25, 0.3) is 0 Å². The Morgan fingerprint density at radius 1 is 1.35 bits per heavy atom. The minimum atomic E-state index is 0.116. The van der Waals surface area contributed by atoms with Crippen molar-refractivity contribution in [3.05, 3.63) is 18.7 Å². The summed E-state index contributed by atoms with van der Waals surface area (Å²) in [4.78, 5) is 10.6. The summed E-state index contributed by atoms with van der Waals surface area (Å²) in [6.45, 7) is 3.81. The molecule has 1 spiro atoms. The number of methoxy groups -OCH3 is 1. The lowest BCUT2D eigenvalue weighted by Gasteiger charge is -2.39. The van der Waals surface area contributed by atoms with Crippen molar-refractivity contribution in [2.75, 3.05) is 38.3 Å². The van der Waals surface area contributed by atoms with Crippen molar-refractivity contribution < 1.29 is 9.47 Å². The molecule has 1 aromatic heterocycles. The Balaban J connectivity index is 1.54. The van der Waals surface area contributed by atoms with Crippen LogP contribution in [0.1, 0.15) is 25.7 Å². The van der Waals surface area contributed by atoms with Gasteiger partial charge in [-0.05, 0) is 31.6 Å². The van der Waals surface area contributed by atoms with E-state index in [0.29, 0.717) is 5.92 Å². The molecule has 0 saturated carbocycles. The monoisotopic (exact) mass is 277 g/mol. The Morgan fingerprint density at radius 3 is 2.80 bits per heavy atom. The van der Waals surface area contributed by atoms with E-state index in [9.17, 15) is 0 Å². The molecule has 1 atom stereocenters. The molecule has 0 N–H and O–H groups in total. The lowest BCUT2D eigenvalue weighted by molar-refractivity contribution is -0.0154. The van der Waals surface area contributed by atoms with Gasteiger partial charge in [-0.1, -0.05) is 0 Å². The van der Waals surface area contributed by atoms with Gasteiger partial charge in [0.2, 0.25) is 0 Å². The van der Waals surface area contributed by atoms with Gasteiger partial charge >= 0.3 is 0 Å². The molecule has 0 aromatic carbocycles. The maximum atomic E-state index is 6.16. The number of nitrogens with zero attached hydrogens (tertiary/aromatic N) is 3. The van der Waals surface area contributed by atoms with Gasteiger partial charge in [0.05, 0.1) is 30.3 Å². The standard InChI is InChI=1S/C15H23N3O2/c1-19-7-2-13-8-15(20-11-13)3-5-18(6-4-15)14-9-16-12-17-10-14/h9-10,12-13H,2-8,11H2,1H3/t13-/m1/s1. The van der Waals surface area contributed by atoms with Crippen LogP contribution in [-0.4, -0.2) is 49.0 Å². The van der Waals surface area contributed by atoms with Crippen molar-refractivity contribution in [3.8, 4) is 0 Å². The smallest absolute Gasteiger partial charge is 0.115 e. The lowest BCUT2D eigenvalue weighted by atomic mass is 9.84. The quantitative estimate of drug-likeness (QED) is 0.841. The van der Waals surface area contributed by atoms with Crippen molar-refractivity contribution in [2.24, 2.45) is 5.92 Å². The summed E-state index contributed by atoms with van der Waals surface area (Å²) in [7, 11) is 1.77. The Hall–Kier alpha value is -1.20. The van der Waals surface area contributed by atoms with Gasteiger partial charge in [0.15, 0.2) is 0 Å². The minimum Gasteiger partial charge on any atom is -0.385 e. The molecular weight excluding hydrogens is 254 g/mol. The first-order valence-electron chi connectivity index (χ1n) is 7.44. The number of anilines is 1. The number of aromatic nitrogens is 2. The van der Waals surface area contributed by atoms with E-state index in [1.807, 2.05) is 12.4 Å². The largest absolute Gasteiger partial charge is 0.385 e. The second-order valence-corrected chi connectivity index (χ2v) is 5.93. The predicted molar refractivity (Wildman–Crippen MR) is 76.8 cm³/mol. The first kappa shape index (κ1) is 13.8. The second-order valence-electron chi connectivity index (χ2n) is 5.93. The minimum absolute atomic E-state index is 0.116. The van der Waals surface area contributed by atoms with Crippen molar-refractivity contribution in [1.82, 2.24) is 9.97 Å². The molecule has 2 aliphatic rings. The molecule has 20 heavy (non-hydrogen) atoms. The van der Waals surface area contributed by atoms with Crippen LogP contribution in [0.15, 0.2) is 18.7 Å². The summed E-state index contributed by atoms with van der Waals surface area (Å²) in [6.07, 6.45) is 9.87. The van der Waals surface area contributed by atoms with E-state index in [1.165, 1.54) is 6.42 Å². The molecule has 0 bridgehead atoms. The molecule has 0 aliphatic carbocycles. The van der Waals surface area contributed by atoms with Crippen LogP contribution in [0.4, 0.5) is 5.69 Å². The highest BCUT2D eigenvalue weighted by Gasteiger charge is 2.42. The fourth-order valence-electron chi connectivity index (χ4n) is 3.38. The second kappa shape index (κ2) is 6.06. The van der Waals surface area contributed by atoms with E-state index in [2.05, 4.69) is 14.9 Å². The molecule has 0 radical (unpaired) electrons. The average molecular weight is 277 g/mol. The molecule has 5 nitrogen and oxygen atoms in total. The number of hydrogen-bond acceptors (Lipinski definition) is 5. The van der Waals surface area contributed by atoms with Crippen LogP contribution in [0, 0.1) is 5.92 Å². The summed E-state index contributed by atoms with van der Waals surface area (Å²) >= 11 is 0. The third kappa shape index (κ3) is 2.94. The van der Waals surface area contributed by atoms with E-state index in [-0.39, 0.29) is 5.60 Å². The van der Waals surface area contributed by atoms with Gasteiger partial charge < -0.3 is 14.4 Å². The maximum Gasteiger partial charge on any atom is 0.115 e. The van der Waals surface area contributed by atoms with Gasteiger partial charge in [-0.2, -0.15) is 0 Å². The van der Waals surface area contributed by atoms with Crippen molar-refractivity contribution in [3.63, 3.8) is 0 Å². The zero-order valence-corrected chi connectivity index (χ0v) is 12.1. The first-order chi connectivity index (χ1) is 9.81. The van der Waals surface area contributed by atoms with Gasteiger partial charge in [-0.25, -0.2) is 9.97 Å². The van der Waals surface area contributed by atoms with Gasteiger partial charge in [-0.15, -0.1) is 0 Å². The third-order valence-electron chi connectivity index (χ3n) is 4.60. The first-order valence-corrected chi connectivity index (χ1v) is 7.44. The van der Waals surface area contributed by atoms with Gasteiger partial charge in [-0.3, -0.25) is 0 Å². The van der Waals surface area contributed by atoms with Crippen molar-refractivity contribution in [1.29, 1.82) is 0 Å². The van der Waals surface area contributed by atoms with E-state index < -0.39 is 0 Å². The fourth-order valence-corrected chi connectivity index (χ4v) is 3.38. The Morgan fingerprint density at radius 2 is 2.10 bits per heavy atom. The Bertz CT molecular complexity index is 418. The maximum absolute atomic E-state index is 6.16. The highest BCUT2D eigenvalue weighted by Crippen LogP contribution is 2.40. The number of rotatable bonds is 4. The summed E-state index contributed by atoms with van der Waals surface area (Å²) in [5, 5.41) is 0. The van der Waals surface area contributed by atoms with Crippen molar-refractivity contribution >= 4 is 5.69 Å². The fraction of sp³-hybridized carbons (Fsp3) is 0.733. The highest BCUT2D eigenvalue weighted by atomic mass is 16.5. The van der Waals surface area contributed by atoms with Gasteiger partial charge in [0, 0.05) is 26.8 Å². The highest BCUT2D eigenvalue weighted by molar-refractivity contribution is 5.42. The Labute approximate surface area is 120 Å². The lowest BCUT2D eigenvalue weighted by Crippen LogP contribution is -2.44. The number of hydrogen-bond donors (Lipinski definition) is 0. The molecule has 1 aromatic rings. The zero-order valence-electron chi connectivity index (χ0n) is 12.1. The van der Waals surface area contributed by atoms with Crippen LogP contribution in [0.5, 0.6) is 0 Å². The van der Waals surface area contributed by atoms with E-state index in [0.717, 1.165) is 51.3 Å². The molecule has 2 fully saturated rings. The molecule has 3 rings (SSSR count). The zero-order chi connectivity index (χ0) is 13.8. The van der Waals surface area contributed by atoms with Crippen LogP contribution >= 0.6 is 0 Å². The Kier molecular flexibility index (Phi) is 4.17. The summed E-state index contributed by atoms with van der Waals surface area (Å²) in [5.41, 5.74) is 1.24. The van der Waals surface area contributed by atoms with Crippen LogP contribution in [-0.2, 0) is 9.47 Å². The molecule has 3 heterocycles. The molecule has 2 saturated heterocycles. The molecular formula is C15H23N3O2. The van der Waals surface area contributed by atoms with Crippen molar-refractivity contribution in [2.45, 2.75) is 31.3 Å². The molecule has 110 valence electrons.